The summed E-state index contributed by atoms with van der Waals surface area (Å²) in [6, 6.07) is 25.7. The number of carbonyl (C=O) groups is 1. The van der Waals surface area contributed by atoms with E-state index in [4.69, 9.17) is 4.42 Å². The zero-order valence-corrected chi connectivity index (χ0v) is 17.9. The minimum absolute atomic E-state index is 0.129. The van der Waals surface area contributed by atoms with Gasteiger partial charge in [0.15, 0.2) is 0 Å². The van der Waals surface area contributed by atoms with Crippen LogP contribution in [-0.4, -0.2) is 21.9 Å². The van der Waals surface area contributed by atoms with Crippen molar-refractivity contribution in [1.82, 2.24) is 10.2 Å². The molecule has 0 radical (unpaired) electrons. The first-order chi connectivity index (χ1) is 14.7. The molecule has 0 bridgehead atoms. The van der Waals surface area contributed by atoms with E-state index in [1.165, 1.54) is 11.8 Å². The highest BCUT2D eigenvalue weighted by molar-refractivity contribution is 8.00. The molecular weight excluding hydrogens is 414 g/mol. The number of aromatic nitrogens is 2. The van der Waals surface area contributed by atoms with E-state index >= 15 is 0 Å². The summed E-state index contributed by atoms with van der Waals surface area (Å²) in [5, 5.41) is 11.4. The van der Waals surface area contributed by atoms with E-state index in [1.807, 2.05) is 85.8 Å². The number of hydrogen-bond donors (Lipinski definition) is 1. The third kappa shape index (κ3) is 5.31. The van der Waals surface area contributed by atoms with Crippen LogP contribution in [0.4, 0.5) is 5.69 Å². The summed E-state index contributed by atoms with van der Waals surface area (Å²) in [7, 11) is 0. The normalized spacial score (nSPS) is 10.7. The molecule has 0 unspecified atom stereocenters. The summed E-state index contributed by atoms with van der Waals surface area (Å²) in [6.07, 6.45) is 0. The van der Waals surface area contributed by atoms with E-state index < -0.39 is 0 Å². The van der Waals surface area contributed by atoms with Crippen LogP contribution in [0, 0.1) is 6.92 Å². The Balaban J connectivity index is 1.36. The minimum atomic E-state index is -0.129. The van der Waals surface area contributed by atoms with Gasteiger partial charge in [0.2, 0.25) is 11.8 Å². The Morgan fingerprint density at radius 3 is 2.47 bits per heavy atom. The van der Waals surface area contributed by atoms with Crippen molar-refractivity contribution in [3.05, 3.63) is 84.4 Å². The van der Waals surface area contributed by atoms with Crippen LogP contribution in [0.1, 0.15) is 5.56 Å². The molecule has 0 saturated carbocycles. The summed E-state index contributed by atoms with van der Waals surface area (Å²) in [4.78, 5) is 14.6. The number of carbonyl (C=O) groups excluding carboxylic acids is 1. The molecule has 0 spiro atoms. The minimum Gasteiger partial charge on any atom is -0.411 e. The monoisotopic (exact) mass is 433 g/mol. The molecule has 1 heterocycles. The van der Waals surface area contributed by atoms with Gasteiger partial charge in [0, 0.05) is 15.4 Å². The number of para-hydroxylation sites is 1. The van der Waals surface area contributed by atoms with Gasteiger partial charge >= 0.3 is 0 Å². The largest absolute Gasteiger partial charge is 0.411 e. The van der Waals surface area contributed by atoms with E-state index in [0.29, 0.717) is 11.1 Å². The van der Waals surface area contributed by atoms with Crippen molar-refractivity contribution in [1.29, 1.82) is 0 Å². The second-order valence-corrected chi connectivity index (χ2v) is 8.53. The van der Waals surface area contributed by atoms with Crippen molar-refractivity contribution in [3.63, 3.8) is 0 Å². The third-order valence-corrected chi connectivity index (χ3v) is 6.07. The van der Waals surface area contributed by atoms with Gasteiger partial charge in [-0.3, -0.25) is 4.79 Å². The van der Waals surface area contributed by atoms with Crippen LogP contribution in [0.25, 0.3) is 11.5 Å². The van der Waals surface area contributed by atoms with Gasteiger partial charge in [-0.15, -0.1) is 10.2 Å². The van der Waals surface area contributed by atoms with Crippen LogP contribution in [0.5, 0.6) is 0 Å². The molecule has 4 aromatic rings. The van der Waals surface area contributed by atoms with Gasteiger partial charge in [0.25, 0.3) is 5.22 Å². The number of aryl methyl sites for hydroxylation is 1. The molecule has 1 aromatic heterocycles. The topological polar surface area (TPSA) is 68.0 Å². The lowest BCUT2D eigenvalue weighted by Gasteiger charge is -2.10. The lowest BCUT2D eigenvalue weighted by molar-refractivity contribution is -0.113. The Hall–Kier alpha value is -3.03. The predicted octanol–water partition coefficient (Wildman–Crippen LogP) is 5.93. The second-order valence-electron chi connectivity index (χ2n) is 6.49. The van der Waals surface area contributed by atoms with Crippen LogP contribution in [0.15, 0.2) is 98.3 Å². The van der Waals surface area contributed by atoms with Crippen LogP contribution in [-0.2, 0) is 4.79 Å². The first kappa shape index (κ1) is 20.3. The van der Waals surface area contributed by atoms with Crippen LogP contribution in [0.3, 0.4) is 0 Å². The number of thioether (sulfide) groups is 1. The third-order valence-electron chi connectivity index (χ3n) is 4.16. The van der Waals surface area contributed by atoms with Gasteiger partial charge in [-0.2, -0.15) is 0 Å². The average Bonchev–Trinajstić information content (AvgIpc) is 3.24. The summed E-state index contributed by atoms with van der Waals surface area (Å²) >= 11 is 2.83. The summed E-state index contributed by atoms with van der Waals surface area (Å²) in [6.45, 7) is 2.02. The molecule has 0 saturated heterocycles. The standard InChI is InChI=1S/C23H19N3O2S2/c1-16-11-13-17(14-12-16)22-25-26-23(28-22)29-15-21(27)24-19-9-5-6-10-20(19)30-18-7-3-2-4-8-18/h2-14H,15H2,1H3,(H,24,27). The first-order valence-corrected chi connectivity index (χ1v) is 11.1. The number of nitrogens with one attached hydrogen (secondary N) is 1. The molecule has 0 aliphatic heterocycles. The highest BCUT2D eigenvalue weighted by Gasteiger charge is 2.13. The average molecular weight is 434 g/mol. The molecule has 4 rings (SSSR count). The maximum absolute atomic E-state index is 12.5. The van der Waals surface area contributed by atoms with E-state index in [1.54, 1.807) is 11.8 Å². The number of amides is 1. The van der Waals surface area contributed by atoms with Crippen molar-refractivity contribution in [2.75, 3.05) is 11.1 Å². The van der Waals surface area contributed by atoms with Gasteiger partial charge in [0.05, 0.1) is 11.4 Å². The summed E-state index contributed by atoms with van der Waals surface area (Å²) in [5.41, 5.74) is 2.80. The molecule has 0 aliphatic carbocycles. The lowest BCUT2D eigenvalue weighted by Crippen LogP contribution is -2.14. The van der Waals surface area contributed by atoms with Crippen molar-refractivity contribution in [2.45, 2.75) is 21.9 Å². The number of nitrogens with zero attached hydrogens (tertiary/aromatic N) is 2. The molecular formula is C23H19N3O2S2. The fraction of sp³-hybridized carbons (Fsp3) is 0.0870. The zero-order valence-electron chi connectivity index (χ0n) is 16.2. The van der Waals surface area contributed by atoms with Crippen molar-refractivity contribution in [3.8, 4) is 11.5 Å². The van der Waals surface area contributed by atoms with Gasteiger partial charge in [0.1, 0.15) is 0 Å². The molecule has 5 nitrogen and oxygen atoms in total. The smallest absolute Gasteiger partial charge is 0.277 e. The Kier molecular flexibility index (Phi) is 6.51. The van der Waals surface area contributed by atoms with E-state index in [2.05, 4.69) is 15.5 Å². The molecule has 3 aromatic carbocycles. The summed E-state index contributed by atoms with van der Waals surface area (Å²) < 4.78 is 5.67. The van der Waals surface area contributed by atoms with Gasteiger partial charge in [-0.25, -0.2) is 0 Å². The van der Waals surface area contributed by atoms with Crippen molar-refractivity contribution in [2.24, 2.45) is 0 Å². The quantitative estimate of drug-likeness (QED) is 0.365. The van der Waals surface area contributed by atoms with E-state index in [0.717, 1.165) is 26.6 Å². The molecule has 0 fully saturated rings. The SMILES string of the molecule is Cc1ccc(-c2nnc(SCC(=O)Nc3ccccc3Sc3ccccc3)o2)cc1. The first-order valence-electron chi connectivity index (χ1n) is 9.32. The fourth-order valence-electron chi connectivity index (χ4n) is 2.67. The van der Waals surface area contributed by atoms with Crippen LogP contribution < -0.4 is 5.32 Å². The maximum Gasteiger partial charge on any atom is 0.277 e. The predicted molar refractivity (Wildman–Crippen MR) is 121 cm³/mol. The Morgan fingerprint density at radius 2 is 1.67 bits per heavy atom. The summed E-state index contributed by atoms with van der Waals surface area (Å²) in [5.74, 6) is 0.499. The fourth-order valence-corrected chi connectivity index (χ4v) is 4.15. The molecule has 30 heavy (non-hydrogen) atoms. The molecule has 0 aliphatic rings. The lowest BCUT2D eigenvalue weighted by atomic mass is 10.1. The maximum atomic E-state index is 12.5. The van der Waals surface area contributed by atoms with Gasteiger partial charge in [-0.05, 0) is 43.3 Å². The van der Waals surface area contributed by atoms with Gasteiger partial charge in [-0.1, -0.05) is 71.6 Å². The molecule has 0 atom stereocenters. The number of hydrogen-bond acceptors (Lipinski definition) is 6. The van der Waals surface area contributed by atoms with Crippen LogP contribution >= 0.6 is 23.5 Å². The highest BCUT2D eigenvalue weighted by atomic mass is 32.2. The van der Waals surface area contributed by atoms with Crippen LogP contribution in [0.2, 0.25) is 0 Å². The highest BCUT2D eigenvalue weighted by Crippen LogP contribution is 2.33. The number of anilines is 1. The van der Waals surface area contributed by atoms with Crippen molar-refractivity contribution >= 4 is 35.1 Å². The Morgan fingerprint density at radius 1 is 0.933 bits per heavy atom. The Bertz CT molecular complexity index is 1130. The number of rotatable bonds is 7. The Labute approximate surface area is 183 Å². The molecule has 1 amide bonds. The van der Waals surface area contributed by atoms with E-state index in [-0.39, 0.29) is 11.7 Å². The second kappa shape index (κ2) is 9.65. The molecule has 7 heteroatoms. The van der Waals surface area contributed by atoms with Crippen molar-refractivity contribution < 1.29 is 9.21 Å². The van der Waals surface area contributed by atoms with Gasteiger partial charge < -0.3 is 9.73 Å². The number of benzene rings is 3. The van der Waals surface area contributed by atoms with E-state index in [9.17, 15) is 4.79 Å². The molecule has 150 valence electrons. The zero-order chi connectivity index (χ0) is 20.8. The molecule has 1 N–H and O–H groups in total.